The maximum atomic E-state index is 12.1. The quantitative estimate of drug-likeness (QED) is 0.338. The third-order valence-corrected chi connectivity index (χ3v) is 4.83. The zero-order chi connectivity index (χ0) is 19.8. The first kappa shape index (κ1) is 19.8. The Morgan fingerprint density at radius 3 is 2.54 bits per heavy atom. The van der Waals surface area contributed by atoms with Crippen LogP contribution in [0.1, 0.15) is 12.5 Å². The monoisotopic (exact) mass is 399 g/mol. The van der Waals surface area contributed by atoms with Crippen molar-refractivity contribution in [2.75, 3.05) is 12.4 Å². The Morgan fingerprint density at radius 2 is 1.82 bits per heavy atom. The highest BCUT2D eigenvalue weighted by Gasteiger charge is 2.13. The van der Waals surface area contributed by atoms with Crippen LogP contribution in [-0.2, 0) is 17.8 Å². The number of carbonyl (C=O) groups excluding carboxylic acids is 1. The van der Waals surface area contributed by atoms with Crippen molar-refractivity contribution in [1.29, 1.82) is 0 Å². The first-order valence-electron chi connectivity index (χ1n) is 8.91. The van der Waals surface area contributed by atoms with E-state index in [1.54, 1.807) is 24.3 Å². The second kappa shape index (κ2) is 9.80. The number of H-pyrrole nitrogens is 1. The molecule has 0 radical (unpaired) electrons. The minimum absolute atomic E-state index is 0.0445. The van der Waals surface area contributed by atoms with Crippen LogP contribution >= 0.6 is 11.8 Å². The van der Waals surface area contributed by atoms with Crippen LogP contribution in [0.5, 0.6) is 11.5 Å². The number of aryl methyl sites for hydroxylation is 1. The highest BCUT2D eigenvalue weighted by atomic mass is 32.2. The first-order valence-corrected chi connectivity index (χ1v) is 9.89. The number of rotatable bonds is 9. The number of nitrogens with one attached hydrogen (secondary N) is 1. The van der Waals surface area contributed by atoms with Gasteiger partial charge in [-0.3, -0.25) is 9.36 Å². The SMILES string of the molecule is CCOc1ccc(OC(=O)CSc2n[nH]c(=O)n2CCc2ccccc2)cc1. The molecule has 0 aliphatic rings. The van der Waals surface area contributed by atoms with Crippen molar-refractivity contribution in [3.8, 4) is 11.5 Å². The van der Waals surface area contributed by atoms with E-state index < -0.39 is 5.97 Å². The number of esters is 1. The Bertz CT molecular complexity index is 952. The summed E-state index contributed by atoms with van der Waals surface area (Å²) in [6.07, 6.45) is 0.699. The van der Waals surface area contributed by atoms with Crippen molar-refractivity contribution in [1.82, 2.24) is 14.8 Å². The summed E-state index contributed by atoms with van der Waals surface area (Å²) in [6.45, 7) is 2.96. The van der Waals surface area contributed by atoms with Gasteiger partial charge in [-0.2, -0.15) is 0 Å². The molecular weight excluding hydrogens is 378 g/mol. The molecule has 0 unspecified atom stereocenters. The molecule has 8 heteroatoms. The molecule has 1 heterocycles. The van der Waals surface area contributed by atoms with E-state index in [0.717, 1.165) is 23.1 Å². The van der Waals surface area contributed by atoms with E-state index in [0.29, 0.717) is 30.5 Å². The first-order chi connectivity index (χ1) is 13.7. The van der Waals surface area contributed by atoms with Crippen molar-refractivity contribution in [2.24, 2.45) is 0 Å². The van der Waals surface area contributed by atoms with Crippen molar-refractivity contribution in [2.45, 2.75) is 25.0 Å². The lowest BCUT2D eigenvalue weighted by molar-refractivity contribution is -0.131. The van der Waals surface area contributed by atoms with Crippen LogP contribution in [0.2, 0.25) is 0 Å². The summed E-state index contributed by atoms with van der Waals surface area (Å²) in [6, 6.07) is 16.7. The summed E-state index contributed by atoms with van der Waals surface area (Å²) >= 11 is 1.16. The molecule has 28 heavy (non-hydrogen) atoms. The van der Waals surface area contributed by atoms with E-state index in [1.807, 2.05) is 37.3 Å². The predicted molar refractivity (Wildman–Crippen MR) is 107 cm³/mol. The minimum atomic E-state index is -0.417. The highest BCUT2D eigenvalue weighted by Crippen LogP contribution is 2.19. The van der Waals surface area contributed by atoms with Gasteiger partial charge in [-0.15, -0.1) is 5.10 Å². The van der Waals surface area contributed by atoms with E-state index in [2.05, 4.69) is 10.2 Å². The predicted octanol–water partition coefficient (Wildman–Crippen LogP) is 2.91. The molecule has 0 bridgehead atoms. The number of aromatic nitrogens is 3. The van der Waals surface area contributed by atoms with E-state index in [1.165, 1.54) is 4.57 Å². The van der Waals surface area contributed by atoms with Crippen molar-refractivity contribution >= 4 is 17.7 Å². The average Bonchev–Trinajstić information content (AvgIpc) is 3.07. The molecule has 0 aliphatic carbocycles. The Labute approximate surface area is 166 Å². The molecule has 0 atom stereocenters. The lowest BCUT2D eigenvalue weighted by atomic mass is 10.1. The molecule has 3 rings (SSSR count). The average molecular weight is 399 g/mol. The third-order valence-electron chi connectivity index (χ3n) is 3.88. The lowest BCUT2D eigenvalue weighted by Gasteiger charge is -2.07. The van der Waals surface area contributed by atoms with Crippen LogP contribution < -0.4 is 15.2 Å². The van der Waals surface area contributed by atoms with Gasteiger partial charge < -0.3 is 9.47 Å². The number of aromatic amines is 1. The molecule has 0 spiro atoms. The van der Waals surface area contributed by atoms with Crippen molar-refractivity contribution in [3.05, 3.63) is 70.6 Å². The van der Waals surface area contributed by atoms with Crippen LogP contribution in [0.4, 0.5) is 0 Å². The summed E-state index contributed by atoms with van der Waals surface area (Å²) in [7, 11) is 0. The van der Waals surface area contributed by atoms with Crippen molar-refractivity contribution in [3.63, 3.8) is 0 Å². The van der Waals surface area contributed by atoms with E-state index in [4.69, 9.17) is 9.47 Å². The Kier molecular flexibility index (Phi) is 6.91. The van der Waals surface area contributed by atoms with Crippen LogP contribution in [0.3, 0.4) is 0 Å². The summed E-state index contributed by atoms with van der Waals surface area (Å²) in [4.78, 5) is 24.1. The topological polar surface area (TPSA) is 86.2 Å². The molecule has 1 aromatic heterocycles. The molecule has 0 aliphatic heterocycles. The standard InChI is InChI=1S/C20H21N3O4S/c1-2-26-16-8-10-17(11-9-16)27-18(24)14-28-20-22-21-19(25)23(20)13-12-15-6-4-3-5-7-15/h3-11H,2,12-14H2,1H3,(H,21,25). The minimum Gasteiger partial charge on any atom is -0.494 e. The van der Waals surface area contributed by atoms with Gasteiger partial charge in [0.15, 0.2) is 5.16 Å². The zero-order valence-corrected chi connectivity index (χ0v) is 16.3. The van der Waals surface area contributed by atoms with Crippen LogP contribution in [0, 0.1) is 0 Å². The number of benzene rings is 2. The number of nitrogens with zero attached hydrogens (tertiary/aromatic N) is 2. The smallest absolute Gasteiger partial charge is 0.343 e. The van der Waals surface area contributed by atoms with E-state index in [9.17, 15) is 9.59 Å². The Balaban J connectivity index is 1.54. The van der Waals surface area contributed by atoms with Crippen LogP contribution in [0.15, 0.2) is 64.5 Å². The maximum absolute atomic E-state index is 12.1. The molecule has 0 fully saturated rings. The molecule has 146 valence electrons. The normalized spacial score (nSPS) is 10.6. The molecule has 3 aromatic rings. The molecule has 0 saturated carbocycles. The Morgan fingerprint density at radius 1 is 1.11 bits per heavy atom. The second-order valence-electron chi connectivity index (χ2n) is 5.87. The summed E-state index contributed by atoms with van der Waals surface area (Å²) in [5.41, 5.74) is 0.833. The molecule has 7 nitrogen and oxygen atoms in total. The lowest BCUT2D eigenvalue weighted by Crippen LogP contribution is -2.19. The van der Waals surface area contributed by atoms with Crippen molar-refractivity contribution < 1.29 is 14.3 Å². The molecule has 0 saturated heterocycles. The molecule has 2 aromatic carbocycles. The van der Waals surface area contributed by atoms with Gasteiger partial charge in [0.2, 0.25) is 0 Å². The summed E-state index contributed by atoms with van der Waals surface area (Å²) < 4.78 is 12.2. The number of carbonyl (C=O) groups is 1. The second-order valence-corrected chi connectivity index (χ2v) is 6.81. The van der Waals surface area contributed by atoms with Gasteiger partial charge in [-0.05, 0) is 43.2 Å². The van der Waals surface area contributed by atoms with Crippen LogP contribution in [0.25, 0.3) is 0 Å². The summed E-state index contributed by atoms with van der Waals surface area (Å²) in [5, 5.41) is 6.90. The van der Waals surface area contributed by atoms with Gasteiger partial charge in [0.25, 0.3) is 0 Å². The largest absolute Gasteiger partial charge is 0.494 e. The number of hydrogen-bond donors (Lipinski definition) is 1. The Hall–Kier alpha value is -3.00. The number of hydrogen-bond acceptors (Lipinski definition) is 6. The maximum Gasteiger partial charge on any atom is 0.343 e. The fourth-order valence-electron chi connectivity index (χ4n) is 2.55. The van der Waals surface area contributed by atoms with Gasteiger partial charge in [-0.25, -0.2) is 9.89 Å². The fourth-order valence-corrected chi connectivity index (χ4v) is 3.30. The molecule has 1 N–H and O–H groups in total. The summed E-state index contributed by atoms with van der Waals surface area (Å²) in [5.74, 6) is 0.787. The third kappa shape index (κ3) is 5.50. The van der Waals surface area contributed by atoms with E-state index in [-0.39, 0.29) is 11.4 Å². The number of thioether (sulfide) groups is 1. The zero-order valence-electron chi connectivity index (χ0n) is 15.5. The van der Waals surface area contributed by atoms with Gasteiger partial charge >= 0.3 is 11.7 Å². The molecular formula is C20H21N3O4S. The van der Waals surface area contributed by atoms with Gasteiger partial charge in [0.05, 0.1) is 12.4 Å². The van der Waals surface area contributed by atoms with Gasteiger partial charge in [0.1, 0.15) is 11.5 Å². The van der Waals surface area contributed by atoms with Gasteiger partial charge in [-0.1, -0.05) is 42.1 Å². The fraction of sp³-hybridized carbons (Fsp3) is 0.250. The van der Waals surface area contributed by atoms with E-state index >= 15 is 0 Å². The van der Waals surface area contributed by atoms with Gasteiger partial charge in [0, 0.05) is 6.54 Å². The highest BCUT2D eigenvalue weighted by molar-refractivity contribution is 7.99. The molecule has 0 amide bonds. The number of ether oxygens (including phenoxy) is 2. The van der Waals surface area contributed by atoms with Crippen LogP contribution in [-0.4, -0.2) is 33.1 Å².